The highest BCUT2D eigenvalue weighted by atomic mass is 16.5. The van der Waals surface area contributed by atoms with Gasteiger partial charge in [-0.05, 0) is 28.5 Å². The van der Waals surface area contributed by atoms with E-state index in [0.29, 0.717) is 11.4 Å². The van der Waals surface area contributed by atoms with Crippen LogP contribution < -0.4 is 15.4 Å². The highest BCUT2D eigenvalue weighted by Gasteiger charge is 2.12. The first kappa shape index (κ1) is 16.8. The van der Waals surface area contributed by atoms with Crippen LogP contribution >= 0.6 is 0 Å². The first-order chi connectivity index (χ1) is 12.2. The van der Waals surface area contributed by atoms with E-state index in [0.717, 1.165) is 16.3 Å². The minimum absolute atomic E-state index is 0.115. The molecule has 0 aliphatic rings. The largest absolute Gasteiger partial charge is 0.497 e. The molecule has 3 N–H and O–H groups in total. The van der Waals surface area contributed by atoms with Gasteiger partial charge in [-0.25, -0.2) is 4.79 Å². The van der Waals surface area contributed by atoms with Crippen LogP contribution in [0.3, 0.4) is 0 Å². The molecule has 3 aromatic rings. The minimum atomic E-state index is -0.790. The number of aliphatic hydroxyl groups excluding tert-OH is 1. The molecular weight excluding hydrogens is 316 g/mol. The smallest absolute Gasteiger partial charge is 0.319 e. The molecule has 0 fully saturated rings. The lowest BCUT2D eigenvalue weighted by Crippen LogP contribution is -2.32. The van der Waals surface area contributed by atoms with Crippen molar-refractivity contribution in [2.45, 2.75) is 6.10 Å². The van der Waals surface area contributed by atoms with Gasteiger partial charge in [-0.2, -0.15) is 0 Å². The number of hydrogen-bond donors (Lipinski definition) is 3. The molecule has 3 aromatic carbocycles. The Hall–Kier alpha value is -3.05. The second-order valence-electron chi connectivity index (χ2n) is 5.65. The van der Waals surface area contributed by atoms with Gasteiger partial charge in [-0.15, -0.1) is 0 Å². The number of anilines is 1. The summed E-state index contributed by atoms with van der Waals surface area (Å²) in [5.41, 5.74) is 1.41. The summed E-state index contributed by atoms with van der Waals surface area (Å²) in [4.78, 5) is 12.0. The second kappa shape index (κ2) is 7.68. The van der Waals surface area contributed by atoms with Gasteiger partial charge in [0, 0.05) is 18.3 Å². The van der Waals surface area contributed by atoms with E-state index in [1.165, 1.54) is 0 Å². The molecule has 0 heterocycles. The van der Waals surface area contributed by atoms with Crippen molar-refractivity contribution in [3.63, 3.8) is 0 Å². The number of ether oxygens (including phenoxy) is 1. The standard InChI is InChI=1S/C20H20N2O3/c1-25-16-9-5-8-15(12-16)22-20(24)21-13-19(23)18-11-4-7-14-6-2-3-10-17(14)18/h2-12,19,23H,13H2,1H3,(H2,21,22,24)/t19-/m1/s1. The summed E-state index contributed by atoms with van der Waals surface area (Å²) in [7, 11) is 1.57. The van der Waals surface area contributed by atoms with E-state index < -0.39 is 6.10 Å². The number of methoxy groups -OCH3 is 1. The molecule has 5 nitrogen and oxygen atoms in total. The molecule has 0 radical (unpaired) electrons. The van der Waals surface area contributed by atoms with Crippen LogP contribution in [0.4, 0.5) is 10.5 Å². The van der Waals surface area contributed by atoms with E-state index in [1.807, 2.05) is 42.5 Å². The fourth-order valence-electron chi connectivity index (χ4n) is 2.72. The quantitative estimate of drug-likeness (QED) is 0.665. The number of carbonyl (C=O) groups excluding carboxylic acids is 1. The van der Waals surface area contributed by atoms with Gasteiger partial charge in [0.15, 0.2) is 0 Å². The van der Waals surface area contributed by atoms with E-state index in [1.54, 1.807) is 31.4 Å². The van der Waals surface area contributed by atoms with Gasteiger partial charge in [0.1, 0.15) is 5.75 Å². The molecule has 0 saturated carbocycles. The van der Waals surface area contributed by atoms with Crippen molar-refractivity contribution in [3.05, 3.63) is 72.3 Å². The van der Waals surface area contributed by atoms with E-state index in [4.69, 9.17) is 4.74 Å². The summed E-state index contributed by atoms with van der Waals surface area (Å²) in [6.45, 7) is 0.115. The molecular formula is C20H20N2O3. The number of fused-ring (bicyclic) bond motifs is 1. The SMILES string of the molecule is COc1cccc(NC(=O)NC[C@@H](O)c2cccc3ccccc23)c1. The number of nitrogens with one attached hydrogen (secondary N) is 2. The number of urea groups is 1. The fraction of sp³-hybridized carbons (Fsp3) is 0.150. The number of rotatable bonds is 5. The lowest BCUT2D eigenvalue weighted by Gasteiger charge is -2.15. The van der Waals surface area contributed by atoms with Crippen molar-refractivity contribution in [1.82, 2.24) is 5.32 Å². The zero-order valence-electron chi connectivity index (χ0n) is 13.9. The Bertz CT molecular complexity index is 874. The molecule has 2 amide bonds. The van der Waals surface area contributed by atoms with Crippen molar-refractivity contribution in [2.75, 3.05) is 19.0 Å². The maximum atomic E-state index is 12.0. The van der Waals surface area contributed by atoms with Gasteiger partial charge in [0.05, 0.1) is 13.2 Å². The molecule has 0 aliphatic heterocycles. The number of benzene rings is 3. The summed E-state index contributed by atoms with van der Waals surface area (Å²) >= 11 is 0. The Kier molecular flexibility index (Phi) is 5.16. The maximum Gasteiger partial charge on any atom is 0.319 e. The summed E-state index contributed by atoms with van der Waals surface area (Å²) in [5, 5.41) is 17.9. The first-order valence-corrected chi connectivity index (χ1v) is 8.02. The van der Waals surface area contributed by atoms with Crippen LogP contribution in [0.15, 0.2) is 66.7 Å². The highest BCUT2D eigenvalue weighted by Crippen LogP contribution is 2.24. The predicted octanol–water partition coefficient (Wildman–Crippen LogP) is 3.70. The predicted molar refractivity (Wildman–Crippen MR) is 98.9 cm³/mol. The van der Waals surface area contributed by atoms with Gasteiger partial charge < -0.3 is 20.5 Å². The van der Waals surface area contributed by atoms with Gasteiger partial charge in [0.25, 0.3) is 0 Å². The third kappa shape index (κ3) is 4.08. The molecule has 5 heteroatoms. The van der Waals surface area contributed by atoms with Crippen LogP contribution in [-0.2, 0) is 0 Å². The third-order valence-electron chi connectivity index (χ3n) is 3.97. The van der Waals surface area contributed by atoms with Crippen LogP contribution in [0, 0.1) is 0 Å². The van der Waals surface area contributed by atoms with Crippen molar-refractivity contribution in [3.8, 4) is 5.75 Å². The maximum absolute atomic E-state index is 12.0. The number of aliphatic hydroxyl groups is 1. The van der Waals surface area contributed by atoms with Crippen LogP contribution in [0.1, 0.15) is 11.7 Å². The summed E-state index contributed by atoms with van der Waals surface area (Å²) in [6, 6.07) is 20.3. The molecule has 3 rings (SSSR count). The van der Waals surface area contributed by atoms with Crippen molar-refractivity contribution < 1.29 is 14.6 Å². The van der Waals surface area contributed by atoms with Crippen molar-refractivity contribution in [1.29, 1.82) is 0 Å². The summed E-state index contributed by atoms with van der Waals surface area (Å²) < 4.78 is 5.12. The van der Waals surface area contributed by atoms with E-state index in [-0.39, 0.29) is 12.6 Å². The van der Waals surface area contributed by atoms with Crippen molar-refractivity contribution in [2.24, 2.45) is 0 Å². The van der Waals surface area contributed by atoms with Gasteiger partial charge in [-0.1, -0.05) is 48.5 Å². The molecule has 0 aromatic heterocycles. The first-order valence-electron chi connectivity index (χ1n) is 8.02. The normalized spacial score (nSPS) is 11.8. The molecule has 0 bridgehead atoms. The number of amides is 2. The van der Waals surface area contributed by atoms with Gasteiger partial charge >= 0.3 is 6.03 Å². The van der Waals surface area contributed by atoms with Crippen LogP contribution in [0.5, 0.6) is 5.75 Å². The Morgan fingerprint density at radius 1 is 1.08 bits per heavy atom. The highest BCUT2D eigenvalue weighted by molar-refractivity contribution is 5.89. The van der Waals surface area contributed by atoms with Crippen LogP contribution in [0.25, 0.3) is 10.8 Å². The van der Waals surface area contributed by atoms with Gasteiger partial charge in [0.2, 0.25) is 0 Å². The average molecular weight is 336 g/mol. The molecule has 25 heavy (non-hydrogen) atoms. The van der Waals surface area contributed by atoms with Crippen LogP contribution in [-0.4, -0.2) is 24.8 Å². The Balaban J connectivity index is 1.63. The second-order valence-corrected chi connectivity index (χ2v) is 5.65. The third-order valence-corrected chi connectivity index (χ3v) is 3.97. The summed E-state index contributed by atoms with van der Waals surface area (Å²) in [6.07, 6.45) is -0.790. The van der Waals surface area contributed by atoms with E-state index >= 15 is 0 Å². The molecule has 0 saturated heterocycles. The monoisotopic (exact) mass is 336 g/mol. The number of carbonyl (C=O) groups is 1. The lowest BCUT2D eigenvalue weighted by molar-refractivity contribution is 0.176. The molecule has 1 atom stereocenters. The summed E-state index contributed by atoms with van der Waals surface area (Å²) in [5.74, 6) is 0.661. The van der Waals surface area contributed by atoms with Gasteiger partial charge in [-0.3, -0.25) is 0 Å². The van der Waals surface area contributed by atoms with E-state index in [2.05, 4.69) is 10.6 Å². The number of hydrogen-bond acceptors (Lipinski definition) is 3. The Labute approximate surface area is 146 Å². The Morgan fingerprint density at radius 3 is 2.68 bits per heavy atom. The van der Waals surface area contributed by atoms with E-state index in [9.17, 15) is 9.90 Å². The molecule has 0 spiro atoms. The fourth-order valence-corrected chi connectivity index (χ4v) is 2.72. The lowest BCUT2D eigenvalue weighted by atomic mass is 10.0. The molecule has 0 aliphatic carbocycles. The average Bonchev–Trinajstić information content (AvgIpc) is 2.65. The molecule has 128 valence electrons. The molecule has 0 unspecified atom stereocenters. The van der Waals surface area contributed by atoms with Crippen molar-refractivity contribution >= 4 is 22.5 Å². The Morgan fingerprint density at radius 2 is 1.84 bits per heavy atom. The minimum Gasteiger partial charge on any atom is -0.497 e. The topological polar surface area (TPSA) is 70.6 Å². The van der Waals surface area contributed by atoms with Crippen LogP contribution in [0.2, 0.25) is 0 Å². The zero-order valence-corrected chi connectivity index (χ0v) is 13.9. The zero-order chi connectivity index (χ0) is 17.6.